The van der Waals surface area contributed by atoms with Crippen LogP contribution in [0.2, 0.25) is 5.02 Å². The van der Waals surface area contributed by atoms with Crippen molar-refractivity contribution < 1.29 is 0 Å². The number of nitrogens with two attached hydrogens (primary N) is 1. The molecule has 0 bridgehead atoms. The SMILES string of the molecule is N#Cc1c(Cl)cccc1N1CCC(N)C1. The Balaban J connectivity index is 2.36. The molecule has 2 N–H and O–H groups in total. The molecule has 1 fully saturated rings. The van der Waals surface area contributed by atoms with Crippen LogP contribution in [-0.2, 0) is 0 Å². The van der Waals surface area contributed by atoms with Crippen molar-refractivity contribution in [1.29, 1.82) is 5.26 Å². The molecule has 2 rings (SSSR count). The zero-order chi connectivity index (χ0) is 10.8. The van der Waals surface area contributed by atoms with E-state index in [9.17, 15) is 0 Å². The maximum atomic E-state index is 9.03. The molecule has 0 spiro atoms. The summed E-state index contributed by atoms with van der Waals surface area (Å²) in [6.45, 7) is 1.70. The highest BCUT2D eigenvalue weighted by Crippen LogP contribution is 2.28. The molecule has 15 heavy (non-hydrogen) atoms. The van der Waals surface area contributed by atoms with E-state index in [4.69, 9.17) is 22.6 Å². The first-order valence-electron chi connectivity index (χ1n) is 4.91. The molecule has 1 atom stereocenters. The van der Waals surface area contributed by atoms with Gasteiger partial charge >= 0.3 is 0 Å². The van der Waals surface area contributed by atoms with Crippen LogP contribution in [0, 0.1) is 11.3 Å². The lowest BCUT2D eigenvalue weighted by molar-refractivity contribution is 0.752. The van der Waals surface area contributed by atoms with Crippen molar-refractivity contribution in [2.75, 3.05) is 18.0 Å². The highest BCUT2D eigenvalue weighted by atomic mass is 35.5. The zero-order valence-corrected chi connectivity index (χ0v) is 9.04. The molecule has 1 aromatic rings. The van der Waals surface area contributed by atoms with Crippen molar-refractivity contribution in [1.82, 2.24) is 0 Å². The summed E-state index contributed by atoms with van der Waals surface area (Å²) < 4.78 is 0. The second-order valence-electron chi connectivity index (χ2n) is 3.74. The number of nitriles is 1. The van der Waals surface area contributed by atoms with Crippen molar-refractivity contribution >= 4 is 17.3 Å². The molecule has 0 saturated carbocycles. The predicted molar refractivity (Wildman–Crippen MR) is 61.0 cm³/mol. The average Bonchev–Trinajstić information content (AvgIpc) is 2.64. The minimum atomic E-state index is 0.204. The number of anilines is 1. The minimum Gasteiger partial charge on any atom is -0.369 e. The van der Waals surface area contributed by atoms with Crippen molar-refractivity contribution in [3.8, 4) is 6.07 Å². The number of rotatable bonds is 1. The topological polar surface area (TPSA) is 53.0 Å². The first-order chi connectivity index (χ1) is 7.22. The summed E-state index contributed by atoms with van der Waals surface area (Å²) in [6.07, 6.45) is 0.970. The molecule has 4 heteroatoms. The van der Waals surface area contributed by atoms with Gasteiger partial charge in [0, 0.05) is 19.1 Å². The van der Waals surface area contributed by atoms with Gasteiger partial charge in [-0.25, -0.2) is 0 Å². The van der Waals surface area contributed by atoms with E-state index in [1.807, 2.05) is 12.1 Å². The second-order valence-corrected chi connectivity index (χ2v) is 4.15. The molecule has 0 aliphatic carbocycles. The van der Waals surface area contributed by atoms with Crippen LogP contribution >= 0.6 is 11.6 Å². The van der Waals surface area contributed by atoms with Gasteiger partial charge < -0.3 is 10.6 Å². The van der Waals surface area contributed by atoms with Gasteiger partial charge in [-0.2, -0.15) is 5.26 Å². The van der Waals surface area contributed by atoms with Gasteiger partial charge in [0.1, 0.15) is 6.07 Å². The van der Waals surface area contributed by atoms with Crippen molar-refractivity contribution in [2.45, 2.75) is 12.5 Å². The Labute approximate surface area is 94.0 Å². The molecule has 0 radical (unpaired) electrons. The van der Waals surface area contributed by atoms with Crippen LogP contribution < -0.4 is 10.6 Å². The first-order valence-corrected chi connectivity index (χ1v) is 5.29. The normalized spacial score (nSPS) is 20.3. The summed E-state index contributed by atoms with van der Waals surface area (Å²) >= 11 is 5.96. The molecular formula is C11H12ClN3. The second kappa shape index (κ2) is 4.09. The van der Waals surface area contributed by atoms with Gasteiger partial charge in [0.25, 0.3) is 0 Å². The number of hydrogen-bond donors (Lipinski definition) is 1. The van der Waals surface area contributed by atoms with Gasteiger partial charge in [-0.3, -0.25) is 0 Å². The van der Waals surface area contributed by atoms with Gasteiger partial charge in [-0.05, 0) is 18.6 Å². The Hall–Kier alpha value is -1.24. The van der Waals surface area contributed by atoms with Crippen LogP contribution in [-0.4, -0.2) is 19.1 Å². The Morgan fingerprint density at radius 3 is 2.93 bits per heavy atom. The average molecular weight is 222 g/mol. The van der Waals surface area contributed by atoms with Crippen LogP contribution in [0.15, 0.2) is 18.2 Å². The lowest BCUT2D eigenvalue weighted by atomic mass is 10.2. The first kappa shape index (κ1) is 10.3. The number of halogens is 1. The fourth-order valence-electron chi connectivity index (χ4n) is 1.89. The van der Waals surface area contributed by atoms with Gasteiger partial charge in [-0.15, -0.1) is 0 Å². The lowest BCUT2D eigenvalue weighted by Gasteiger charge is -2.19. The molecule has 0 aromatic heterocycles. The maximum absolute atomic E-state index is 9.03. The van der Waals surface area contributed by atoms with E-state index in [0.717, 1.165) is 25.2 Å². The molecule has 1 aromatic carbocycles. The van der Waals surface area contributed by atoms with Crippen molar-refractivity contribution in [2.24, 2.45) is 5.73 Å². The van der Waals surface area contributed by atoms with Gasteiger partial charge in [0.05, 0.1) is 16.3 Å². The molecular weight excluding hydrogens is 210 g/mol. The highest BCUT2D eigenvalue weighted by Gasteiger charge is 2.22. The standard InChI is InChI=1S/C11H12ClN3/c12-10-2-1-3-11(9(10)6-13)15-5-4-8(14)7-15/h1-3,8H,4-5,7,14H2. The van der Waals surface area contributed by atoms with E-state index in [0.29, 0.717) is 10.6 Å². The zero-order valence-electron chi connectivity index (χ0n) is 8.28. The number of benzene rings is 1. The summed E-state index contributed by atoms with van der Waals surface area (Å²) in [7, 11) is 0. The molecule has 0 amide bonds. The lowest BCUT2D eigenvalue weighted by Crippen LogP contribution is -2.26. The molecule has 1 aliphatic heterocycles. The van der Waals surface area contributed by atoms with Crippen LogP contribution in [0.5, 0.6) is 0 Å². The molecule has 3 nitrogen and oxygen atoms in total. The van der Waals surface area contributed by atoms with Crippen LogP contribution in [0.25, 0.3) is 0 Å². The van der Waals surface area contributed by atoms with E-state index >= 15 is 0 Å². The summed E-state index contributed by atoms with van der Waals surface area (Å²) in [5.74, 6) is 0. The summed E-state index contributed by atoms with van der Waals surface area (Å²) in [6, 6.07) is 7.86. The third-order valence-corrected chi connectivity index (χ3v) is 2.98. The molecule has 78 valence electrons. The van der Waals surface area contributed by atoms with Gasteiger partial charge in [0.2, 0.25) is 0 Å². The molecule has 1 saturated heterocycles. The van der Waals surface area contributed by atoms with Crippen LogP contribution in [0.1, 0.15) is 12.0 Å². The summed E-state index contributed by atoms with van der Waals surface area (Å²) in [4.78, 5) is 2.12. The van der Waals surface area contributed by atoms with E-state index in [-0.39, 0.29) is 6.04 Å². The Bertz CT molecular complexity index is 411. The fourth-order valence-corrected chi connectivity index (χ4v) is 2.10. The van der Waals surface area contributed by atoms with E-state index in [2.05, 4.69) is 11.0 Å². The van der Waals surface area contributed by atoms with Crippen molar-refractivity contribution in [3.05, 3.63) is 28.8 Å². The minimum absolute atomic E-state index is 0.204. The molecule has 1 unspecified atom stereocenters. The van der Waals surface area contributed by atoms with Crippen LogP contribution in [0.3, 0.4) is 0 Å². The summed E-state index contributed by atoms with van der Waals surface area (Å²) in [5.41, 5.74) is 7.28. The smallest absolute Gasteiger partial charge is 0.103 e. The quantitative estimate of drug-likeness (QED) is 0.786. The molecule has 1 heterocycles. The monoisotopic (exact) mass is 221 g/mol. The van der Waals surface area contributed by atoms with E-state index in [1.54, 1.807) is 6.07 Å². The van der Waals surface area contributed by atoms with Gasteiger partial charge in [0.15, 0.2) is 0 Å². The molecule has 1 aliphatic rings. The number of nitrogens with zero attached hydrogens (tertiary/aromatic N) is 2. The van der Waals surface area contributed by atoms with Crippen LogP contribution in [0.4, 0.5) is 5.69 Å². The largest absolute Gasteiger partial charge is 0.369 e. The van der Waals surface area contributed by atoms with Crippen molar-refractivity contribution in [3.63, 3.8) is 0 Å². The van der Waals surface area contributed by atoms with E-state index < -0.39 is 0 Å². The van der Waals surface area contributed by atoms with Gasteiger partial charge in [-0.1, -0.05) is 17.7 Å². The Morgan fingerprint density at radius 1 is 1.53 bits per heavy atom. The Kier molecular flexibility index (Phi) is 2.81. The highest BCUT2D eigenvalue weighted by molar-refractivity contribution is 6.32. The maximum Gasteiger partial charge on any atom is 0.103 e. The Morgan fingerprint density at radius 2 is 2.33 bits per heavy atom. The summed E-state index contributed by atoms with van der Waals surface area (Å²) in [5, 5.41) is 9.54. The predicted octanol–water partition coefficient (Wildman–Crippen LogP) is 1.75. The third kappa shape index (κ3) is 1.92. The van der Waals surface area contributed by atoms with E-state index in [1.165, 1.54) is 0 Å². The fraction of sp³-hybridized carbons (Fsp3) is 0.364. The third-order valence-electron chi connectivity index (χ3n) is 2.67. The number of hydrogen-bond acceptors (Lipinski definition) is 3.